The van der Waals surface area contributed by atoms with E-state index >= 15 is 0 Å². The summed E-state index contributed by atoms with van der Waals surface area (Å²) in [6.07, 6.45) is 5.59. The highest BCUT2D eigenvalue weighted by molar-refractivity contribution is 7.45. The van der Waals surface area contributed by atoms with Crippen molar-refractivity contribution in [2.45, 2.75) is 0 Å². The molecule has 1 aliphatic rings. The van der Waals surface area contributed by atoms with E-state index in [0.29, 0.717) is 6.16 Å². The summed E-state index contributed by atoms with van der Waals surface area (Å²) in [7, 11) is -1.79. The molecule has 2 N–H and O–H groups in total. The van der Waals surface area contributed by atoms with E-state index in [4.69, 9.17) is 9.79 Å². The van der Waals surface area contributed by atoms with Crippen molar-refractivity contribution in [3.63, 3.8) is 0 Å². The molecule has 0 unspecified atom stereocenters. The molecule has 1 fully saturated rings. The molecule has 0 atom stereocenters. The number of hydrogen-bond acceptors (Lipinski definition) is 7. The number of aromatic nitrogens is 3. The molecule has 23 heavy (non-hydrogen) atoms. The van der Waals surface area contributed by atoms with Gasteiger partial charge in [-0.25, -0.2) is 9.97 Å². The molecule has 0 saturated carbocycles. The number of nitrogens with zero attached hydrogens (tertiary/aromatic N) is 5. The molecule has 3 heterocycles. The summed E-state index contributed by atoms with van der Waals surface area (Å²) in [5, 5.41) is 0. The van der Waals surface area contributed by atoms with E-state index in [-0.39, 0.29) is 0 Å². The van der Waals surface area contributed by atoms with Crippen LogP contribution in [0.25, 0.3) is 11.3 Å². The second-order valence-electron chi connectivity index (χ2n) is 5.43. The monoisotopic (exact) mass is 333 g/mol. The van der Waals surface area contributed by atoms with Gasteiger partial charge in [-0.1, -0.05) is 0 Å². The molecule has 8 heteroatoms. The van der Waals surface area contributed by atoms with Gasteiger partial charge in [-0.3, -0.25) is 9.88 Å². The first kappa shape index (κ1) is 16.2. The first-order valence-corrected chi connectivity index (χ1v) is 9.00. The third-order valence-electron chi connectivity index (χ3n) is 3.92. The van der Waals surface area contributed by atoms with Gasteiger partial charge >= 0.3 is 0 Å². The third kappa shape index (κ3) is 4.42. The highest BCUT2D eigenvalue weighted by atomic mass is 31.2. The number of rotatable bonds is 5. The molecule has 0 amide bonds. The number of piperazine rings is 1. The molecule has 2 aromatic heterocycles. The van der Waals surface area contributed by atoms with Gasteiger partial charge in [0, 0.05) is 62.9 Å². The summed E-state index contributed by atoms with van der Waals surface area (Å²) in [5.41, 5.74) is 1.85. The van der Waals surface area contributed by atoms with Crippen LogP contribution in [0, 0.1) is 0 Å². The number of hydrogen-bond donors (Lipinski definition) is 2. The summed E-state index contributed by atoms with van der Waals surface area (Å²) in [6, 6.07) is 5.87. The summed E-state index contributed by atoms with van der Waals surface area (Å²) in [5.74, 6) is 0.921. The quantitative estimate of drug-likeness (QED) is 0.788. The van der Waals surface area contributed by atoms with Gasteiger partial charge in [-0.2, -0.15) is 0 Å². The normalized spacial score (nSPS) is 16.0. The van der Waals surface area contributed by atoms with Gasteiger partial charge in [-0.15, -0.1) is 0 Å². The maximum Gasteiger partial charge on any atom is 0.166 e. The van der Waals surface area contributed by atoms with E-state index in [1.165, 1.54) is 0 Å². The molecule has 0 spiro atoms. The van der Waals surface area contributed by atoms with E-state index in [1.807, 2.05) is 18.2 Å². The van der Waals surface area contributed by atoms with Crippen LogP contribution >= 0.6 is 8.38 Å². The van der Waals surface area contributed by atoms with Crippen molar-refractivity contribution in [3.05, 3.63) is 36.9 Å². The van der Waals surface area contributed by atoms with Crippen molar-refractivity contribution < 1.29 is 9.79 Å². The largest absolute Gasteiger partial charge is 0.354 e. The lowest BCUT2D eigenvalue weighted by Gasteiger charge is -2.35. The van der Waals surface area contributed by atoms with Gasteiger partial charge in [0.05, 0.1) is 5.69 Å². The zero-order valence-corrected chi connectivity index (χ0v) is 13.7. The van der Waals surface area contributed by atoms with Crippen molar-refractivity contribution >= 4 is 14.2 Å². The van der Waals surface area contributed by atoms with Gasteiger partial charge in [0.15, 0.2) is 8.38 Å². The molecule has 3 rings (SSSR count). The summed E-state index contributed by atoms with van der Waals surface area (Å²) in [6.45, 7) is 4.28. The SMILES string of the molecule is OP(O)CCN1CCN(c2cc(-c3cccnc3)ncn2)CC1. The molecule has 1 saturated heterocycles. The van der Waals surface area contributed by atoms with Gasteiger partial charge in [0.2, 0.25) is 0 Å². The minimum absolute atomic E-state index is 0.452. The molecule has 0 aliphatic carbocycles. The fourth-order valence-electron chi connectivity index (χ4n) is 2.62. The van der Waals surface area contributed by atoms with Crippen molar-refractivity contribution in [1.29, 1.82) is 0 Å². The van der Waals surface area contributed by atoms with Gasteiger partial charge in [0.25, 0.3) is 0 Å². The van der Waals surface area contributed by atoms with Crippen LogP contribution in [-0.2, 0) is 0 Å². The fraction of sp³-hybridized carbons (Fsp3) is 0.400. The Morgan fingerprint density at radius 1 is 1.13 bits per heavy atom. The van der Waals surface area contributed by atoms with Crippen LogP contribution in [0.5, 0.6) is 0 Å². The molecular weight excluding hydrogens is 313 g/mol. The Balaban J connectivity index is 1.63. The highest BCUT2D eigenvalue weighted by Gasteiger charge is 2.19. The standard InChI is InChI=1S/C15H20N5O2P/c21-23(22)9-8-19-4-6-20(7-5-19)15-10-14(17-12-18-15)13-2-1-3-16-11-13/h1-3,10-12,21-22H,4-9H2. The lowest BCUT2D eigenvalue weighted by Crippen LogP contribution is -2.47. The predicted octanol–water partition coefficient (Wildman–Crippen LogP) is 0.957. The average molecular weight is 333 g/mol. The van der Waals surface area contributed by atoms with Crippen LogP contribution in [0.1, 0.15) is 0 Å². The van der Waals surface area contributed by atoms with E-state index in [9.17, 15) is 0 Å². The van der Waals surface area contributed by atoms with Crippen LogP contribution in [0.15, 0.2) is 36.9 Å². The van der Waals surface area contributed by atoms with Crippen LogP contribution in [0.3, 0.4) is 0 Å². The molecule has 0 radical (unpaired) electrons. The van der Waals surface area contributed by atoms with Crippen molar-refractivity contribution in [3.8, 4) is 11.3 Å². The predicted molar refractivity (Wildman–Crippen MR) is 90.1 cm³/mol. The Hall–Kier alpha value is -1.66. The number of anilines is 1. The minimum Gasteiger partial charge on any atom is -0.354 e. The molecule has 0 bridgehead atoms. The topological polar surface area (TPSA) is 85.6 Å². The maximum absolute atomic E-state index is 9.01. The minimum atomic E-state index is -1.79. The molecule has 122 valence electrons. The molecule has 0 aromatic carbocycles. The fourth-order valence-corrected chi connectivity index (χ4v) is 3.09. The Kier molecular flexibility index (Phi) is 5.46. The third-order valence-corrected chi connectivity index (χ3v) is 4.52. The van der Waals surface area contributed by atoms with Crippen molar-refractivity contribution in [2.24, 2.45) is 0 Å². The molecule has 7 nitrogen and oxygen atoms in total. The lowest BCUT2D eigenvalue weighted by atomic mass is 10.2. The zero-order valence-electron chi connectivity index (χ0n) is 12.8. The molecule has 2 aromatic rings. The van der Waals surface area contributed by atoms with Crippen LogP contribution in [0.4, 0.5) is 5.82 Å². The maximum atomic E-state index is 9.01. The van der Waals surface area contributed by atoms with Gasteiger partial charge in [-0.05, 0) is 12.1 Å². The first-order valence-electron chi connectivity index (χ1n) is 7.57. The van der Waals surface area contributed by atoms with Crippen LogP contribution in [-0.4, -0.2) is 68.5 Å². The molecular formula is C15H20N5O2P. The Morgan fingerprint density at radius 2 is 1.96 bits per heavy atom. The van der Waals surface area contributed by atoms with Crippen LogP contribution in [0.2, 0.25) is 0 Å². The summed E-state index contributed by atoms with van der Waals surface area (Å²) < 4.78 is 0. The van der Waals surface area contributed by atoms with Gasteiger partial charge < -0.3 is 14.7 Å². The molecule has 1 aliphatic heterocycles. The van der Waals surface area contributed by atoms with E-state index in [0.717, 1.165) is 49.8 Å². The number of pyridine rings is 1. The van der Waals surface area contributed by atoms with E-state index in [1.54, 1.807) is 18.7 Å². The Morgan fingerprint density at radius 3 is 2.65 bits per heavy atom. The van der Waals surface area contributed by atoms with Crippen LogP contribution < -0.4 is 4.90 Å². The Labute approximate surface area is 136 Å². The summed E-state index contributed by atoms with van der Waals surface area (Å²) >= 11 is 0. The van der Waals surface area contributed by atoms with Crippen molar-refractivity contribution in [2.75, 3.05) is 43.8 Å². The smallest absolute Gasteiger partial charge is 0.166 e. The zero-order chi connectivity index (χ0) is 16.1. The highest BCUT2D eigenvalue weighted by Crippen LogP contribution is 2.23. The van der Waals surface area contributed by atoms with Crippen molar-refractivity contribution in [1.82, 2.24) is 19.9 Å². The second kappa shape index (κ2) is 7.75. The van der Waals surface area contributed by atoms with E-state index in [2.05, 4.69) is 24.8 Å². The summed E-state index contributed by atoms with van der Waals surface area (Å²) in [4.78, 5) is 35.4. The second-order valence-corrected chi connectivity index (χ2v) is 6.62. The van der Waals surface area contributed by atoms with Gasteiger partial charge in [0.1, 0.15) is 12.1 Å². The lowest BCUT2D eigenvalue weighted by molar-refractivity contribution is 0.269. The first-order chi connectivity index (χ1) is 11.2. The Bertz CT molecular complexity index is 620. The average Bonchev–Trinajstić information content (AvgIpc) is 2.61. The van der Waals surface area contributed by atoms with E-state index < -0.39 is 8.38 Å².